The number of nitrogens with two attached hydrogens (primary N) is 1. The van der Waals surface area contributed by atoms with E-state index in [-0.39, 0.29) is 48.4 Å². The van der Waals surface area contributed by atoms with Crippen molar-refractivity contribution in [2.45, 2.75) is 44.7 Å². The van der Waals surface area contributed by atoms with E-state index < -0.39 is 40.6 Å². The lowest BCUT2D eigenvalue weighted by atomic mass is 10.0. The van der Waals surface area contributed by atoms with Gasteiger partial charge in [0.25, 0.3) is 0 Å². The minimum atomic E-state index is -1.38. The number of methoxy groups -OCH3 is 1. The summed E-state index contributed by atoms with van der Waals surface area (Å²) in [6.45, 7) is 1.68. The number of carboxylic acid groups (broad SMARTS) is 1. The fraction of sp³-hybridized carbons (Fsp3) is 0.458. The van der Waals surface area contributed by atoms with Crippen molar-refractivity contribution in [3.63, 3.8) is 0 Å². The number of nitrogens with one attached hydrogen (secondary N) is 1. The number of hydrogen-bond donors (Lipinski definition) is 3. The van der Waals surface area contributed by atoms with Crippen LogP contribution in [0.4, 0.5) is 14.5 Å². The highest BCUT2D eigenvalue weighted by Gasteiger charge is 2.32. The number of pyridine rings is 1. The monoisotopic (exact) mass is 526 g/mol. The molecule has 1 atom stereocenters. The van der Waals surface area contributed by atoms with Crippen molar-refractivity contribution in [3.8, 4) is 5.75 Å². The van der Waals surface area contributed by atoms with Gasteiger partial charge in [0.2, 0.25) is 11.3 Å². The Hall–Kier alpha value is -3.18. The van der Waals surface area contributed by atoms with Crippen molar-refractivity contribution in [1.82, 2.24) is 9.88 Å². The molecule has 1 amide bonds. The number of aromatic nitrogens is 1. The lowest BCUT2D eigenvalue weighted by molar-refractivity contribution is -0.121. The van der Waals surface area contributed by atoms with E-state index in [9.17, 15) is 23.9 Å². The van der Waals surface area contributed by atoms with E-state index in [2.05, 4.69) is 5.32 Å². The fourth-order valence-corrected chi connectivity index (χ4v) is 4.46. The third kappa shape index (κ3) is 5.17. The van der Waals surface area contributed by atoms with Crippen molar-refractivity contribution in [1.29, 1.82) is 0 Å². The number of carboxylic acids is 1. The average molecular weight is 527 g/mol. The van der Waals surface area contributed by atoms with Crippen LogP contribution in [-0.2, 0) is 4.79 Å². The first-order valence-electron chi connectivity index (χ1n) is 11.5. The number of benzene rings is 1. The van der Waals surface area contributed by atoms with Crippen LogP contribution in [0.1, 0.15) is 49.0 Å². The van der Waals surface area contributed by atoms with Crippen molar-refractivity contribution in [3.05, 3.63) is 45.3 Å². The third-order valence-electron chi connectivity index (χ3n) is 6.39. The topological polar surface area (TPSA) is 127 Å². The number of fused-ring (bicyclic) bond motifs is 1. The van der Waals surface area contributed by atoms with Gasteiger partial charge in [-0.25, -0.2) is 13.6 Å². The SMILES string of the molecule is COc1c(N2CCC/C(=C(\F)CNC(=O)[C@H](C)N)C2)c(F)cc2c(=O)c(C(=O)O)cn(C3CC3)c12.Cl. The molecule has 0 spiro atoms. The number of carbonyl (C=O) groups excluding carboxylic acids is 1. The van der Waals surface area contributed by atoms with Crippen LogP contribution >= 0.6 is 12.4 Å². The summed E-state index contributed by atoms with van der Waals surface area (Å²) in [7, 11) is 1.36. The third-order valence-corrected chi connectivity index (χ3v) is 6.39. The largest absolute Gasteiger partial charge is 0.492 e. The van der Waals surface area contributed by atoms with Gasteiger partial charge in [-0.15, -0.1) is 12.4 Å². The van der Waals surface area contributed by atoms with Gasteiger partial charge in [-0.2, -0.15) is 0 Å². The Morgan fingerprint density at radius 2 is 2.06 bits per heavy atom. The molecule has 1 saturated carbocycles. The van der Waals surface area contributed by atoms with Crippen LogP contribution in [-0.4, -0.2) is 54.3 Å². The minimum absolute atomic E-state index is 0. The van der Waals surface area contributed by atoms with Gasteiger partial charge in [0.15, 0.2) is 11.6 Å². The number of hydrogen-bond acceptors (Lipinski definition) is 6. The van der Waals surface area contributed by atoms with Crippen LogP contribution in [0.5, 0.6) is 5.75 Å². The number of halogens is 3. The van der Waals surface area contributed by atoms with Crippen molar-refractivity contribution < 1.29 is 28.2 Å². The fourth-order valence-electron chi connectivity index (χ4n) is 4.46. The standard InChI is InChI=1S/C24H28F2N4O5.ClH/c1-12(27)23(32)28-9-18(26)13-4-3-7-29(10-13)20-17(25)8-15-19(22(20)35-2)30(14-5-6-14)11-16(21(15)31)24(33)34;/h8,11-12,14H,3-7,9-10,27H2,1-2H3,(H,28,32)(H,33,34);1H/b18-13+;/t12-;/m0./s1. The van der Waals surface area contributed by atoms with Crippen LogP contribution in [0.15, 0.2) is 28.5 Å². The molecule has 1 saturated heterocycles. The van der Waals surface area contributed by atoms with Crippen LogP contribution in [0.3, 0.4) is 0 Å². The van der Waals surface area contributed by atoms with Crippen LogP contribution in [0.2, 0.25) is 0 Å². The van der Waals surface area contributed by atoms with Gasteiger partial charge in [0.1, 0.15) is 17.1 Å². The molecule has 1 aliphatic heterocycles. The van der Waals surface area contributed by atoms with E-state index in [1.165, 1.54) is 20.2 Å². The molecule has 0 radical (unpaired) electrons. The van der Waals surface area contributed by atoms with Gasteiger partial charge in [-0.1, -0.05) is 0 Å². The predicted octanol–water partition coefficient (Wildman–Crippen LogP) is 2.89. The Morgan fingerprint density at radius 3 is 2.64 bits per heavy atom. The number of amides is 1. The summed E-state index contributed by atoms with van der Waals surface area (Å²) in [5.74, 6) is -3.03. The normalized spacial score (nSPS) is 17.9. The van der Waals surface area contributed by atoms with Crippen molar-refractivity contribution in [2.75, 3.05) is 31.6 Å². The Labute approximate surface area is 212 Å². The van der Waals surface area contributed by atoms with Crippen molar-refractivity contribution >= 4 is 40.9 Å². The molecule has 1 aliphatic carbocycles. The zero-order valence-electron chi connectivity index (χ0n) is 20.0. The van der Waals surface area contributed by atoms with Gasteiger partial charge in [0, 0.05) is 25.3 Å². The average Bonchev–Trinajstić information content (AvgIpc) is 3.67. The highest BCUT2D eigenvalue weighted by atomic mass is 35.5. The molecule has 4 rings (SSSR count). The number of anilines is 1. The number of nitrogens with zero attached hydrogens (tertiary/aromatic N) is 2. The zero-order valence-corrected chi connectivity index (χ0v) is 20.8. The van der Waals surface area contributed by atoms with Gasteiger partial charge in [0.05, 0.1) is 30.6 Å². The number of rotatable bonds is 7. The summed E-state index contributed by atoms with van der Waals surface area (Å²) >= 11 is 0. The van der Waals surface area contributed by atoms with Gasteiger partial charge in [-0.05, 0) is 44.2 Å². The van der Waals surface area contributed by atoms with E-state index in [0.29, 0.717) is 30.5 Å². The highest BCUT2D eigenvalue weighted by Crippen LogP contribution is 2.44. The van der Waals surface area contributed by atoms with Gasteiger partial charge >= 0.3 is 5.97 Å². The highest BCUT2D eigenvalue weighted by molar-refractivity contribution is 5.97. The Kier molecular flexibility index (Phi) is 8.25. The molecule has 1 aromatic heterocycles. The molecule has 0 bridgehead atoms. The zero-order chi connectivity index (χ0) is 25.4. The Morgan fingerprint density at radius 1 is 1.36 bits per heavy atom. The lowest BCUT2D eigenvalue weighted by Crippen LogP contribution is -2.39. The van der Waals surface area contributed by atoms with E-state index in [0.717, 1.165) is 18.9 Å². The maximum Gasteiger partial charge on any atom is 0.341 e. The molecule has 4 N–H and O–H groups in total. The van der Waals surface area contributed by atoms with Gasteiger partial charge in [-0.3, -0.25) is 9.59 Å². The Bertz CT molecular complexity index is 1290. The molecule has 196 valence electrons. The molecule has 2 fully saturated rings. The second kappa shape index (κ2) is 10.8. The number of piperidine rings is 1. The number of carbonyl (C=O) groups is 2. The smallest absolute Gasteiger partial charge is 0.341 e. The maximum absolute atomic E-state index is 15.5. The summed E-state index contributed by atoms with van der Waals surface area (Å²) in [5, 5.41) is 11.8. The van der Waals surface area contributed by atoms with E-state index in [4.69, 9.17) is 10.5 Å². The summed E-state index contributed by atoms with van der Waals surface area (Å²) in [6.07, 6.45) is 3.86. The quantitative estimate of drug-likeness (QED) is 0.506. The second-order valence-corrected chi connectivity index (χ2v) is 8.99. The molecule has 2 aromatic rings. The Balaban J connectivity index is 0.00000361. The molecule has 1 aromatic carbocycles. The first-order chi connectivity index (χ1) is 16.6. The van der Waals surface area contributed by atoms with E-state index in [1.807, 2.05) is 0 Å². The molecule has 2 aliphatic rings. The van der Waals surface area contributed by atoms with E-state index >= 15 is 4.39 Å². The molecular weight excluding hydrogens is 498 g/mol. The molecule has 0 unspecified atom stereocenters. The summed E-state index contributed by atoms with van der Waals surface area (Å²) < 4.78 is 37.6. The van der Waals surface area contributed by atoms with Crippen LogP contribution in [0.25, 0.3) is 10.9 Å². The summed E-state index contributed by atoms with van der Waals surface area (Å²) in [5.41, 5.74) is 5.10. The summed E-state index contributed by atoms with van der Waals surface area (Å²) in [6, 6.07) is 0.251. The van der Waals surface area contributed by atoms with Crippen molar-refractivity contribution in [2.24, 2.45) is 5.73 Å². The minimum Gasteiger partial charge on any atom is -0.492 e. The predicted molar refractivity (Wildman–Crippen MR) is 133 cm³/mol. The first-order valence-corrected chi connectivity index (χ1v) is 11.5. The van der Waals surface area contributed by atoms with Crippen LogP contribution in [0, 0.1) is 5.82 Å². The number of aromatic carboxylic acids is 1. The molecule has 36 heavy (non-hydrogen) atoms. The summed E-state index contributed by atoms with van der Waals surface area (Å²) in [4.78, 5) is 37.8. The lowest BCUT2D eigenvalue weighted by Gasteiger charge is -2.33. The second-order valence-electron chi connectivity index (χ2n) is 8.99. The van der Waals surface area contributed by atoms with Gasteiger partial charge < -0.3 is 30.4 Å². The number of ether oxygens (including phenoxy) is 1. The first kappa shape index (κ1) is 27.4. The molecule has 9 nitrogen and oxygen atoms in total. The molecule has 12 heteroatoms. The van der Waals surface area contributed by atoms with E-state index in [1.54, 1.807) is 9.47 Å². The molecular formula is C24H29ClF2N4O5. The molecule has 2 heterocycles. The van der Waals surface area contributed by atoms with Crippen LogP contribution < -0.4 is 26.1 Å². The maximum atomic E-state index is 15.5.